The van der Waals surface area contributed by atoms with Gasteiger partial charge >= 0.3 is 6.18 Å². The summed E-state index contributed by atoms with van der Waals surface area (Å²) < 4.78 is 38.9. The maximum atomic E-state index is 13.0. The SMILES string of the molecule is CNC1=C(c2cccc(C(F)(F)F)c2)C(=O)N(c2ccccc2Cl)C1. The van der Waals surface area contributed by atoms with E-state index in [1.807, 2.05) is 0 Å². The zero-order valence-electron chi connectivity index (χ0n) is 13.2. The molecule has 3 nitrogen and oxygen atoms in total. The number of carbonyl (C=O) groups is 1. The summed E-state index contributed by atoms with van der Waals surface area (Å²) in [7, 11) is 1.63. The Labute approximate surface area is 147 Å². The minimum atomic E-state index is -4.47. The first-order valence-electron chi connectivity index (χ1n) is 7.48. The van der Waals surface area contributed by atoms with E-state index in [-0.39, 0.29) is 17.7 Å². The van der Waals surface area contributed by atoms with Crippen LogP contribution in [0.25, 0.3) is 5.57 Å². The van der Waals surface area contributed by atoms with E-state index in [9.17, 15) is 18.0 Å². The summed E-state index contributed by atoms with van der Waals surface area (Å²) in [6, 6.07) is 11.6. The molecule has 0 fully saturated rings. The van der Waals surface area contributed by atoms with Gasteiger partial charge in [-0.15, -0.1) is 0 Å². The monoisotopic (exact) mass is 366 g/mol. The van der Waals surface area contributed by atoms with E-state index in [4.69, 9.17) is 11.6 Å². The molecule has 0 bridgehead atoms. The molecule has 0 aromatic heterocycles. The number of benzene rings is 2. The number of para-hydroxylation sites is 1. The lowest BCUT2D eigenvalue weighted by molar-refractivity contribution is -0.137. The number of carbonyl (C=O) groups excluding carboxylic acids is 1. The fourth-order valence-electron chi connectivity index (χ4n) is 2.79. The van der Waals surface area contributed by atoms with Gasteiger partial charge in [0.05, 0.1) is 28.4 Å². The molecular weight excluding hydrogens is 353 g/mol. The zero-order chi connectivity index (χ0) is 18.2. The number of hydrogen-bond acceptors (Lipinski definition) is 2. The van der Waals surface area contributed by atoms with Crippen LogP contribution in [0, 0.1) is 0 Å². The maximum absolute atomic E-state index is 13.0. The normalized spacial score (nSPS) is 15.1. The van der Waals surface area contributed by atoms with Crippen molar-refractivity contribution >= 4 is 28.8 Å². The molecule has 1 heterocycles. The van der Waals surface area contributed by atoms with E-state index in [0.717, 1.165) is 12.1 Å². The van der Waals surface area contributed by atoms with Gasteiger partial charge in [0.2, 0.25) is 0 Å². The van der Waals surface area contributed by atoms with Crippen LogP contribution in [0.5, 0.6) is 0 Å². The molecule has 25 heavy (non-hydrogen) atoms. The summed E-state index contributed by atoms with van der Waals surface area (Å²) in [5, 5.41) is 3.31. The molecule has 1 aliphatic heterocycles. The standard InChI is InChI=1S/C18H14ClF3N2O/c1-23-14-10-24(15-8-3-2-7-13(15)19)17(25)16(14)11-5-4-6-12(9-11)18(20,21)22/h2-9,23H,10H2,1H3. The van der Waals surface area contributed by atoms with Crippen molar-refractivity contribution in [3.63, 3.8) is 0 Å². The molecule has 2 aromatic carbocycles. The van der Waals surface area contributed by atoms with Crippen molar-refractivity contribution in [2.75, 3.05) is 18.5 Å². The molecule has 0 saturated heterocycles. The third-order valence-electron chi connectivity index (χ3n) is 4.00. The average Bonchev–Trinajstić information content (AvgIpc) is 2.91. The molecule has 1 aliphatic rings. The first-order valence-corrected chi connectivity index (χ1v) is 7.85. The van der Waals surface area contributed by atoms with Crippen LogP contribution in [0.2, 0.25) is 5.02 Å². The van der Waals surface area contributed by atoms with E-state index in [0.29, 0.717) is 16.4 Å². The van der Waals surface area contributed by atoms with Crippen molar-refractivity contribution < 1.29 is 18.0 Å². The van der Waals surface area contributed by atoms with Crippen molar-refractivity contribution in [2.24, 2.45) is 0 Å². The van der Waals surface area contributed by atoms with Crippen molar-refractivity contribution in [2.45, 2.75) is 6.18 Å². The van der Waals surface area contributed by atoms with Crippen LogP contribution in [0.15, 0.2) is 54.2 Å². The minimum Gasteiger partial charge on any atom is -0.389 e. The number of hydrogen-bond donors (Lipinski definition) is 1. The quantitative estimate of drug-likeness (QED) is 0.876. The highest BCUT2D eigenvalue weighted by Gasteiger charge is 2.35. The Morgan fingerprint density at radius 1 is 1.12 bits per heavy atom. The van der Waals surface area contributed by atoms with Crippen LogP contribution in [0.1, 0.15) is 11.1 Å². The van der Waals surface area contributed by atoms with Crippen LogP contribution in [0.3, 0.4) is 0 Å². The molecule has 0 atom stereocenters. The first kappa shape index (κ1) is 17.4. The summed E-state index contributed by atoms with van der Waals surface area (Å²) >= 11 is 6.16. The van der Waals surface area contributed by atoms with Crippen molar-refractivity contribution in [3.8, 4) is 0 Å². The summed E-state index contributed by atoms with van der Waals surface area (Å²) in [6.45, 7) is 0.213. The molecule has 2 aromatic rings. The van der Waals surface area contributed by atoms with Gasteiger partial charge in [0, 0.05) is 12.7 Å². The second-order valence-corrected chi connectivity index (χ2v) is 5.93. The Bertz CT molecular complexity index is 861. The second kappa shape index (κ2) is 6.44. The van der Waals surface area contributed by atoms with Gasteiger partial charge < -0.3 is 10.2 Å². The van der Waals surface area contributed by atoms with Crippen LogP contribution in [-0.4, -0.2) is 19.5 Å². The van der Waals surface area contributed by atoms with Crippen molar-refractivity contribution in [1.82, 2.24) is 5.32 Å². The Kier molecular flexibility index (Phi) is 4.47. The molecule has 7 heteroatoms. The first-order chi connectivity index (χ1) is 11.8. The molecule has 1 N–H and O–H groups in total. The van der Waals surface area contributed by atoms with Crippen LogP contribution < -0.4 is 10.2 Å². The number of nitrogens with zero attached hydrogens (tertiary/aromatic N) is 1. The predicted octanol–water partition coefficient (Wildman–Crippen LogP) is 4.34. The Hall–Kier alpha value is -2.47. The topological polar surface area (TPSA) is 32.3 Å². The molecule has 0 aliphatic carbocycles. The second-order valence-electron chi connectivity index (χ2n) is 5.52. The highest BCUT2D eigenvalue weighted by atomic mass is 35.5. The highest BCUT2D eigenvalue weighted by Crippen LogP contribution is 2.36. The fourth-order valence-corrected chi connectivity index (χ4v) is 3.03. The zero-order valence-corrected chi connectivity index (χ0v) is 13.9. The van der Waals surface area contributed by atoms with Gasteiger partial charge in [-0.05, 0) is 29.8 Å². The van der Waals surface area contributed by atoms with E-state index in [2.05, 4.69) is 5.32 Å². The number of amides is 1. The lowest BCUT2D eigenvalue weighted by Crippen LogP contribution is -2.27. The molecule has 130 valence electrons. The van der Waals surface area contributed by atoms with Gasteiger partial charge in [0.25, 0.3) is 5.91 Å². The Morgan fingerprint density at radius 3 is 2.48 bits per heavy atom. The van der Waals surface area contributed by atoms with Gasteiger partial charge in [-0.1, -0.05) is 35.9 Å². The van der Waals surface area contributed by atoms with Crippen molar-refractivity contribution in [1.29, 1.82) is 0 Å². The number of alkyl halides is 3. The third-order valence-corrected chi connectivity index (χ3v) is 4.32. The maximum Gasteiger partial charge on any atom is 0.416 e. The Morgan fingerprint density at radius 2 is 1.84 bits per heavy atom. The van der Waals surface area contributed by atoms with E-state index in [1.54, 1.807) is 31.3 Å². The Balaban J connectivity index is 2.04. The fraction of sp³-hybridized carbons (Fsp3) is 0.167. The van der Waals surface area contributed by atoms with Crippen LogP contribution >= 0.6 is 11.6 Å². The van der Waals surface area contributed by atoms with Gasteiger partial charge in [-0.25, -0.2) is 0 Å². The summed E-state index contributed by atoms with van der Waals surface area (Å²) in [5.41, 5.74) is 0.706. The van der Waals surface area contributed by atoms with Gasteiger partial charge in [-0.2, -0.15) is 13.2 Å². The van der Waals surface area contributed by atoms with E-state index in [1.165, 1.54) is 17.0 Å². The lowest BCUT2D eigenvalue weighted by atomic mass is 10.0. The van der Waals surface area contributed by atoms with Crippen LogP contribution in [0.4, 0.5) is 18.9 Å². The number of halogens is 4. The third kappa shape index (κ3) is 3.22. The summed E-state index contributed by atoms with van der Waals surface area (Å²) in [4.78, 5) is 14.3. The molecular formula is C18H14ClF3N2O. The average molecular weight is 367 g/mol. The number of nitrogens with one attached hydrogen (secondary N) is 1. The van der Waals surface area contributed by atoms with E-state index < -0.39 is 17.6 Å². The van der Waals surface area contributed by atoms with Gasteiger partial charge in [0.1, 0.15) is 0 Å². The summed E-state index contributed by atoms with van der Waals surface area (Å²) in [6.07, 6.45) is -4.47. The molecule has 0 spiro atoms. The highest BCUT2D eigenvalue weighted by molar-refractivity contribution is 6.36. The summed E-state index contributed by atoms with van der Waals surface area (Å²) in [5.74, 6) is -0.392. The molecule has 0 radical (unpaired) electrons. The molecule has 0 unspecified atom stereocenters. The van der Waals surface area contributed by atoms with Crippen molar-refractivity contribution in [3.05, 3.63) is 70.4 Å². The molecule has 1 amide bonds. The van der Waals surface area contributed by atoms with Gasteiger partial charge in [-0.3, -0.25) is 4.79 Å². The molecule has 0 saturated carbocycles. The minimum absolute atomic E-state index is 0.213. The van der Waals surface area contributed by atoms with E-state index >= 15 is 0 Å². The smallest absolute Gasteiger partial charge is 0.389 e. The largest absolute Gasteiger partial charge is 0.416 e. The lowest BCUT2D eigenvalue weighted by Gasteiger charge is -2.18. The van der Waals surface area contributed by atoms with Gasteiger partial charge in [0.15, 0.2) is 0 Å². The molecule has 3 rings (SSSR count). The number of likely N-dealkylation sites (N-methyl/N-ethyl adjacent to an activating group) is 1. The predicted molar refractivity (Wildman–Crippen MR) is 91.2 cm³/mol. The number of rotatable bonds is 3. The van der Waals surface area contributed by atoms with Crippen LogP contribution in [-0.2, 0) is 11.0 Å². The number of anilines is 1.